The van der Waals surface area contributed by atoms with Gasteiger partial charge in [0, 0.05) is 5.41 Å². The van der Waals surface area contributed by atoms with Crippen LogP contribution in [-0.2, 0) is 4.79 Å². The van der Waals surface area contributed by atoms with Crippen LogP contribution < -0.4 is 0 Å². The Morgan fingerprint density at radius 2 is 2.07 bits per heavy atom. The van der Waals surface area contributed by atoms with Crippen LogP contribution in [0.3, 0.4) is 0 Å². The second-order valence-corrected chi connectivity index (χ2v) is 4.64. The largest absolute Gasteiger partial charge is 0.294 e. The van der Waals surface area contributed by atoms with E-state index in [1.807, 2.05) is 13.0 Å². The number of hydrogen-bond donors (Lipinski definition) is 0. The maximum Gasteiger partial charge on any atom is 0.161 e. The molecule has 78 valence electrons. The first-order chi connectivity index (χ1) is 6.50. The van der Waals surface area contributed by atoms with Crippen molar-refractivity contribution < 1.29 is 4.79 Å². The van der Waals surface area contributed by atoms with E-state index in [4.69, 9.17) is 0 Å². The maximum absolute atomic E-state index is 12.0. The zero-order valence-corrected chi connectivity index (χ0v) is 9.58. The van der Waals surface area contributed by atoms with Gasteiger partial charge in [-0.2, -0.15) is 0 Å². The van der Waals surface area contributed by atoms with Crippen LogP contribution >= 0.6 is 0 Å². The molecule has 0 aliphatic heterocycles. The summed E-state index contributed by atoms with van der Waals surface area (Å²) >= 11 is 0. The molecule has 0 aromatic carbocycles. The van der Waals surface area contributed by atoms with Crippen molar-refractivity contribution in [1.82, 2.24) is 0 Å². The average Bonchev–Trinajstić information content (AvgIpc) is 2.12. The summed E-state index contributed by atoms with van der Waals surface area (Å²) in [6, 6.07) is 0. The first-order valence-corrected chi connectivity index (χ1v) is 5.36. The summed E-state index contributed by atoms with van der Waals surface area (Å²) in [5.74, 6) is 1.14. The maximum atomic E-state index is 12.0. The van der Waals surface area contributed by atoms with E-state index < -0.39 is 0 Å². The second kappa shape index (κ2) is 4.12. The van der Waals surface area contributed by atoms with Crippen molar-refractivity contribution >= 4 is 5.78 Å². The molecule has 0 heterocycles. The molecule has 1 heteroatoms. The first kappa shape index (κ1) is 11.2. The van der Waals surface area contributed by atoms with Gasteiger partial charge in [0.25, 0.3) is 0 Å². The molecule has 3 atom stereocenters. The van der Waals surface area contributed by atoms with Crippen LogP contribution in [0.15, 0.2) is 24.3 Å². The van der Waals surface area contributed by atoms with Crippen LogP contribution in [0, 0.1) is 17.3 Å². The lowest BCUT2D eigenvalue weighted by molar-refractivity contribution is -0.125. The number of carbonyl (C=O) groups is 1. The molecule has 1 nitrogen and oxygen atoms in total. The molecule has 0 bridgehead atoms. The second-order valence-electron chi connectivity index (χ2n) is 4.64. The molecular weight excluding hydrogens is 172 g/mol. The van der Waals surface area contributed by atoms with Crippen LogP contribution in [0.5, 0.6) is 0 Å². The summed E-state index contributed by atoms with van der Waals surface area (Å²) in [5.41, 5.74) is -0.194. The molecule has 0 saturated carbocycles. The molecule has 1 rings (SSSR count). The van der Waals surface area contributed by atoms with Gasteiger partial charge in [0.1, 0.15) is 0 Å². The highest BCUT2D eigenvalue weighted by molar-refractivity contribution is 5.95. The number of allylic oxidation sites excluding steroid dienone is 4. The van der Waals surface area contributed by atoms with Crippen molar-refractivity contribution in [2.45, 2.75) is 34.1 Å². The van der Waals surface area contributed by atoms with Gasteiger partial charge in [0.15, 0.2) is 5.78 Å². The fourth-order valence-corrected chi connectivity index (χ4v) is 2.16. The van der Waals surface area contributed by atoms with E-state index >= 15 is 0 Å². The van der Waals surface area contributed by atoms with Gasteiger partial charge in [0.2, 0.25) is 0 Å². The van der Waals surface area contributed by atoms with Gasteiger partial charge in [-0.05, 0) is 31.3 Å². The Hall–Kier alpha value is -0.850. The third-order valence-electron chi connectivity index (χ3n) is 3.36. The zero-order chi connectivity index (χ0) is 10.8. The lowest BCUT2D eigenvalue weighted by Crippen LogP contribution is -2.36. The Morgan fingerprint density at radius 3 is 2.64 bits per heavy atom. The quantitative estimate of drug-likeness (QED) is 0.484. The minimum absolute atomic E-state index is 0.194. The van der Waals surface area contributed by atoms with Crippen molar-refractivity contribution in [3.05, 3.63) is 24.3 Å². The summed E-state index contributed by atoms with van der Waals surface area (Å²) in [5, 5.41) is 0. The van der Waals surface area contributed by atoms with Crippen molar-refractivity contribution in [2.24, 2.45) is 17.3 Å². The summed E-state index contributed by atoms with van der Waals surface area (Å²) in [6.07, 6.45) is 8.91. The molecule has 0 fully saturated rings. The predicted octanol–water partition coefficient (Wildman–Crippen LogP) is 3.37. The van der Waals surface area contributed by atoms with Crippen LogP contribution in [0.2, 0.25) is 0 Å². The van der Waals surface area contributed by atoms with E-state index in [2.05, 4.69) is 32.9 Å². The van der Waals surface area contributed by atoms with Crippen molar-refractivity contribution in [3.8, 4) is 0 Å². The number of hydrogen-bond acceptors (Lipinski definition) is 1. The summed E-state index contributed by atoms with van der Waals surface area (Å²) in [7, 11) is 0. The van der Waals surface area contributed by atoms with Crippen LogP contribution in [-0.4, -0.2) is 5.78 Å². The predicted molar refractivity (Wildman–Crippen MR) is 60.0 cm³/mol. The molecule has 0 amide bonds. The molecule has 14 heavy (non-hydrogen) atoms. The van der Waals surface area contributed by atoms with E-state index in [-0.39, 0.29) is 11.2 Å². The van der Waals surface area contributed by atoms with Gasteiger partial charge >= 0.3 is 0 Å². The van der Waals surface area contributed by atoms with Gasteiger partial charge in [-0.15, -0.1) is 0 Å². The summed E-state index contributed by atoms with van der Waals surface area (Å²) in [6.45, 7) is 8.28. The van der Waals surface area contributed by atoms with Gasteiger partial charge in [-0.25, -0.2) is 0 Å². The fourth-order valence-electron chi connectivity index (χ4n) is 2.16. The third-order valence-corrected chi connectivity index (χ3v) is 3.36. The number of ketones is 1. The van der Waals surface area contributed by atoms with Crippen LogP contribution in [0.25, 0.3) is 0 Å². The smallest absolute Gasteiger partial charge is 0.161 e. The summed E-state index contributed by atoms with van der Waals surface area (Å²) < 4.78 is 0. The Kier molecular flexibility index (Phi) is 3.30. The zero-order valence-electron chi connectivity index (χ0n) is 9.58. The lowest BCUT2D eigenvalue weighted by atomic mass is 9.66. The highest BCUT2D eigenvalue weighted by Gasteiger charge is 2.38. The minimum Gasteiger partial charge on any atom is -0.294 e. The molecule has 0 spiro atoms. The lowest BCUT2D eigenvalue weighted by Gasteiger charge is -2.36. The molecule has 0 N–H and O–H groups in total. The van der Waals surface area contributed by atoms with Gasteiger partial charge < -0.3 is 0 Å². The molecule has 1 aliphatic rings. The Morgan fingerprint density at radius 1 is 1.43 bits per heavy atom. The van der Waals surface area contributed by atoms with Crippen molar-refractivity contribution in [1.29, 1.82) is 0 Å². The molecule has 0 aromatic rings. The Labute approximate surface area is 86.9 Å². The minimum atomic E-state index is -0.194. The van der Waals surface area contributed by atoms with E-state index in [9.17, 15) is 4.79 Å². The SMILES string of the molecule is C/C=C/C(=O)C1(C)CC(C)C=CC1C. The van der Waals surface area contributed by atoms with Crippen molar-refractivity contribution in [3.63, 3.8) is 0 Å². The molecule has 1 aliphatic carbocycles. The molecule has 0 aromatic heterocycles. The molecular formula is C13H20O. The topological polar surface area (TPSA) is 17.1 Å². The Balaban J connectivity index is 2.92. The monoisotopic (exact) mass is 192 g/mol. The highest BCUT2D eigenvalue weighted by Crippen LogP contribution is 2.40. The molecule has 0 radical (unpaired) electrons. The number of rotatable bonds is 2. The highest BCUT2D eigenvalue weighted by atomic mass is 16.1. The van der Waals surface area contributed by atoms with E-state index in [1.165, 1.54) is 0 Å². The third kappa shape index (κ3) is 1.97. The first-order valence-electron chi connectivity index (χ1n) is 5.36. The number of carbonyl (C=O) groups excluding carboxylic acids is 1. The fraction of sp³-hybridized carbons (Fsp3) is 0.615. The standard InChI is InChI=1S/C13H20O/c1-5-6-12(14)13(4)9-10(2)7-8-11(13)3/h5-8,10-11H,9H2,1-4H3/b6-5+. The normalized spacial score (nSPS) is 37.7. The van der Waals surface area contributed by atoms with Crippen LogP contribution in [0.1, 0.15) is 34.1 Å². The van der Waals surface area contributed by atoms with E-state index in [1.54, 1.807) is 6.08 Å². The molecule has 0 saturated heterocycles. The average molecular weight is 192 g/mol. The van der Waals surface area contributed by atoms with Gasteiger partial charge in [0.05, 0.1) is 0 Å². The van der Waals surface area contributed by atoms with Crippen LogP contribution in [0.4, 0.5) is 0 Å². The Bertz CT molecular complexity index is 275. The summed E-state index contributed by atoms with van der Waals surface area (Å²) in [4.78, 5) is 12.0. The van der Waals surface area contributed by atoms with E-state index in [0.717, 1.165) is 6.42 Å². The molecule has 3 unspecified atom stereocenters. The van der Waals surface area contributed by atoms with Crippen molar-refractivity contribution in [2.75, 3.05) is 0 Å². The van der Waals surface area contributed by atoms with E-state index in [0.29, 0.717) is 11.8 Å². The van der Waals surface area contributed by atoms with Gasteiger partial charge in [-0.1, -0.05) is 39.0 Å². The van der Waals surface area contributed by atoms with Gasteiger partial charge in [-0.3, -0.25) is 4.79 Å².